The van der Waals surface area contributed by atoms with Crippen LogP contribution in [0.4, 0.5) is 5.69 Å². The Balaban J connectivity index is 2.27. The fraction of sp³-hybridized carbons (Fsp3) is 0.250. The summed E-state index contributed by atoms with van der Waals surface area (Å²) in [5.41, 5.74) is 7.09. The third-order valence-electron chi connectivity index (χ3n) is 3.20. The van der Waals surface area contributed by atoms with E-state index < -0.39 is 5.97 Å². The zero-order valence-corrected chi connectivity index (χ0v) is 12.9. The van der Waals surface area contributed by atoms with Crippen LogP contribution in [0.15, 0.2) is 30.3 Å². The van der Waals surface area contributed by atoms with Crippen molar-refractivity contribution in [3.63, 3.8) is 0 Å². The molecule has 0 amide bonds. The van der Waals surface area contributed by atoms with Gasteiger partial charge in [-0.15, -0.1) is 0 Å². The fourth-order valence-electron chi connectivity index (χ4n) is 2.05. The number of rotatable bonds is 6. The van der Waals surface area contributed by atoms with E-state index >= 15 is 0 Å². The van der Waals surface area contributed by atoms with E-state index in [1.807, 2.05) is 0 Å². The van der Waals surface area contributed by atoms with Crippen LogP contribution in [0.2, 0.25) is 0 Å². The number of nitrogens with zero attached hydrogens (tertiary/aromatic N) is 2. The Labute approximate surface area is 133 Å². The normalized spacial score (nSPS) is 10.1. The maximum absolute atomic E-state index is 11.4. The lowest BCUT2D eigenvalue weighted by Gasteiger charge is -2.12. The van der Waals surface area contributed by atoms with Gasteiger partial charge in [0.1, 0.15) is 17.5 Å². The predicted octanol–water partition coefficient (Wildman–Crippen LogP) is 2.17. The Hall–Kier alpha value is -2.98. The minimum absolute atomic E-state index is 0.356. The zero-order valence-electron chi connectivity index (χ0n) is 12.9. The van der Waals surface area contributed by atoms with Crippen molar-refractivity contribution in [1.29, 1.82) is 5.26 Å². The van der Waals surface area contributed by atoms with Crippen LogP contribution in [0.5, 0.6) is 11.6 Å². The maximum atomic E-state index is 11.4. The van der Waals surface area contributed by atoms with Gasteiger partial charge in [-0.25, -0.2) is 4.79 Å². The van der Waals surface area contributed by atoms with Crippen LogP contribution in [0.3, 0.4) is 0 Å². The van der Waals surface area contributed by atoms with Crippen LogP contribution in [0.1, 0.15) is 16.1 Å². The molecular weight excluding hydrogens is 298 g/mol. The van der Waals surface area contributed by atoms with Gasteiger partial charge in [-0.3, -0.25) is 4.57 Å². The molecule has 2 rings (SSSR count). The summed E-state index contributed by atoms with van der Waals surface area (Å²) < 4.78 is 17.1. The number of carbonyl (C=O) groups is 1. The van der Waals surface area contributed by atoms with Crippen molar-refractivity contribution >= 4 is 11.7 Å². The van der Waals surface area contributed by atoms with E-state index in [1.165, 1.54) is 7.11 Å². The van der Waals surface area contributed by atoms with Crippen molar-refractivity contribution in [2.24, 2.45) is 0 Å². The minimum atomic E-state index is -0.425. The molecule has 0 radical (unpaired) electrons. The largest absolute Gasteiger partial charge is 0.465 e. The number of ether oxygens (including phenoxy) is 3. The number of carbonyl (C=O) groups excluding carboxylic acids is 1. The molecule has 1 aromatic carbocycles. The third-order valence-corrected chi connectivity index (χ3v) is 3.20. The van der Waals surface area contributed by atoms with Crippen LogP contribution >= 0.6 is 0 Å². The molecule has 2 N–H and O–H groups in total. The second kappa shape index (κ2) is 7.33. The van der Waals surface area contributed by atoms with Gasteiger partial charge < -0.3 is 19.9 Å². The lowest BCUT2D eigenvalue weighted by Crippen LogP contribution is -2.08. The van der Waals surface area contributed by atoms with Crippen molar-refractivity contribution in [2.45, 2.75) is 6.54 Å². The van der Waals surface area contributed by atoms with Gasteiger partial charge in [-0.1, -0.05) is 0 Å². The van der Waals surface area contributed by atoms with Crippen LogP contribution in [-0.2, 0) is 16.0 Å². The van der Waals surface area contributed by atoms with Crippen molar-refractivity contribution in [2.75, 3.05) is 26.6 Å². The molecule has 1 heterocycles. The van der Waals surface area contributed by atoms with Gasteiger partial charge in [0.2, 0.25) is 5.88 Å². The van der Waals surface area contributed by atoms with Crippen molar-refractivity contribution in [1.82, 2.24) is 4.57 Å². The maximum Gasteiger partial charge on any atom is 0.337 e. The molecule has 0 spiro atoms. The molecule has 0 atom stereocenters. The molecule has 23 heavy (non-hydrogen) atoms. The Morgan fingerprint density at radius 3 is 2.57 bits per heavy atom. The van der Waals surface area contributed by atoms with Gasteiger partial charge in [0.15, 0.2) is 0 Å². The molecule has 0 saturated heterocycles. The number of benzene rings is 1. The number of hydrogen-bond acceptors (Lipinski definition) is 6. The van der Waals surface area contributed by atoms with Gasteiger partial charge in [0.05, 0.1) is 31.5 Å². The van der Waals surface area contributed by atoms with E-state index in [-0.39, 0.29) is 0 Å². The molecule has 2 aromatic rings. The first-order chi connectivity index (χ1) is 11.1. The van der Waals surface area contributed by atoms with Gasteiger partial charge in [0.25, 0.3) is 0 Å². The molecule has 0 bridgehead atoms. The Bertz CT molecular complexity index is 729. The second-order valence-electron chi connectivity index (χ2n) is 4.66. The standard InChI is InChI=1S/C16H17N3O4/c1-21-8-7-19-12(10-17)9-14(18)15(19)23-13-5-3-11(4-6-13)16(20)22-2/h3-6,9H,7-8,18H2,1-2H3. The first-order valence-electron chi connectivity index (χ1n) is 6.85. The van der Waals surface area contributed by atoms with E-state index in [0.29, 0.717) is 41.7 Å². The highest BCUT2D eigenvalue weighted by molar-refractivity contribution is 5.89. The van der Waals surface area contributed by atoms with Crippen molar-refractivity contribution in [3.8, 4) is 17.7 Å². The summed E-state index contributed by atoms with van der Waals surface area (Å²) in [5.74, 6) is 0.432. The van der Waals surface area contributed by atoms with Crippen LogP contribution < -0.4 is 10.5 Å². The van der Waals surface area contributed by atoms with Crippen LogP contribution in [0.25, 0.3) is 0 Å². The Kier molecular flexibility index (Phi) is 5.23. The minimum Gasteiger partial charge on any atom is -0.465 e. The molecule has 7 nitrogen and oxygen atoms in total. The molecule has 0 saturated carbocycles. The summed E-state index contributed by atoms with van der Waals surface area (Å²) in [4.78, 5) is 11.4. The number of anilines is 1. The average Bonchev–Trinajstić information content (AvgIpc) is 2.88. The summed E-state index contributed by atoms with van der Waals surface area (Å²) in [6.45, 7) is 0.854. The van der Waals surface area contributed by atoms with E-state index in [0.717, 1.165) is 0 Å². The summed E-state index contributed by atoms with van der Waals surface area (Å²) in [5, 5.41) is 9.17. The van der Waals surface area contributed by atoms with Crippen molar-refractivity contribution < 1.29 is 19.0 Å². The summed E-state index contributed by atoms with van der Waals surface area (Å²) in [6, 6.07) is 10.1. The van der Waals surface area contributed by atoms with Gasteiger partial charge in [0, 0.05) is 13.2 Å². The summed E-state index contributed by atoms with van der Waals surface area (Å²) in [6.07, 6.45) is 0. The number of hydrogen-bond donors (Lipinski definition) is 1. The monoisotopic (exact) mass is 315 g/mol. The molecular formula is C16H17N3O4. The second-order valence-corrected chi connectivity index (χ2v) is 4.66. The molecule has 0 aliphatic carbocycles. The topological polar surface area (TPSA) is 99.5 Å². The number of aromatic nitrogens is 1. The lowest BCUT2D eigenvalue weighted by molar-refractivity contribution is 0.0600. The molecule has 0 unspecified atom stereocenters. The summed E-state index contributed by atoms with van der Waals surface area (Å²) in [7, 11) is 2.89. The molecule has 0 fully saturated rings. The van der Waals surface area contributed by atoms with Gasteiger partial charge in [-0.2, -0.15) is 5.26 Å². The Morgan fingerprint density at radius 2 is 2.00 bits per heavy atom. The number of esters is 1. The van der Waals surface area contributed by atoms with Crippen molar-refractivity contribution in [3.05, 3.63) is 41.6 Å². The molecule has 1 aromatic heterocycles. The van der Waals surface area contributed by atoms with Gasteiger partial charge >= 0.3 is 5.97 Å². The molecule has 0 aliphatic rings. The smallest absolute Gasteiger partial charge is 0.337 e. The third kappa shape index (κ3) is 3.62. The average molecular weight is 315 g/mol. The molecule has 120 valence electrons. The highest BCUT2D eigenvalue weighted by Gasteiger charge is 2.15. The highest BCUT2D eigenvalue weighted by Crippen LogP contribution is 2.31. The number of methoxy groups -OCH3 is 2. The predicted molar refractivity (Wildman–Crippen MR) is 83.3 cm³/mol. The SMILES string of the molecule is COCCn1c(C#N)cc(N)c1Oc1ccc(C(=O)OC)cc1. The quantitative estimate of drug-likeness (QED) is 0.820. The van der Waals surface area contributed by atoms with Crippen LogP contribution in [0, 0.1) is 11.3 Å². The lowest BCUT2D eigenvalue weighted by atomic mass is 10.2. The Morgan fingerprint density at radius 1 is 1.30 bits per heavy atom. The van der Waals surface area contributed by atoms with Gasteiger partial charge in [-0.05, 0) is 24.3 Å². The number of nitriles is 1. The van der Waals surface area contributed by atoms with E-state index in [4.69, 9.17) is 15.2 Å². The number of nitrogen functional groups attached to an aromatic ring is 1. The number of nitrogens with two attached hydrogens (primary N) is 1. The zero-order chi connectivity index (χ0) is 16.8. The fourth-order valence-corrected chi connectivity index (χ4v) is 2.05. The van der Waals surface area contributed by atoms with E-state index in [9.17, 15) is 10.1 Å². The summed E-state index contributed by atoms with van der Waals surface area (Å²) >= 11 is 0. The van der Waals surface area contributed by atoms with Crippen LogP contribution in [-0.4, -0.2) is 31.4 Å². The van der Waals surface area contributed by atoms with E-state index in [1.54, 1.807) is 42.0 Å². The van der Waals surface area contributed by atoms with E-state index in [2.05, 4.69) is 10.8 Å². The highest BCUT2D eigenvalue weighted by atomic mass is 16.5. The molecule has 7 heteroatoms. The molecule has 0 aliphatic heterocycles. The first kappa shape index (κ1) is 16.4. The first-order valence-corrected chi connectivity index (χ1v) is 6.85.